The third-order valence-corrected chi connectivity index (χ3v) is 5.24. The first-order chi connectivity index (χ1) is 9.98. The van der Waals surface area contributed by atoms with Crippen LogP contribution in [0.3, 0.4) is 0 Å². The molecule has 0 unspecified atom stereocenters. The highest BCUT2D eigenvalue weighted by molar-refractivity contribution is 7.90. The molecule has 4 N–H and O–H groups in total. The molecule has 0 heterocycles. The summed E-state index contributed by atoms with van der Waals surface area (Å²) in [6, 6.07) is 3.74. The molecule has 0 fully saturated rings. The second-order valence-electron chi connectivity index (χ2n) is 4.10. The lowest BCUT2D eigenvalue weighted by atomic mass is 10.4. The van der Waals surface area contributed by atoms with E-state index >= 15 is 0 Å². The van der Waals surface area contributed by atoms with Crippen LogP contribution < -0.4 is 15.2 Å². The molecule has 1 aromatic rings. The highest BCUT2D eigenvalue weighted by Crippen LogP contribution is 2.17. The fourth-order valence-corrected chi connectivity index (χ4v) is 3.40. The second kappa shape index (κ2) is 8.26. The van der Waals surface area contributed by atoms with Crippen molar-refractivity contribution in [2.75, 3.05) is 19.6 Å². The Morgan fingerprint density at radius 1 is 0.913 bits per heavy atom. The molecule has 13 heteroatoms. The fourth-order valence-electron chi connectivity index (χ4n) is 1.33. The van der Waals surface area contributed by atoms with Crippen LogP contribution in [0.25, 0.3) is 0 Å². The minimum Gasteiger partial charge on any atom is -0.329 e. The van der Waals surface area contributed by atoms with Crippen LogP contribution in [0.5, 0.6) is 0 Å². The van der Waals surface area contributed by atoms with Gasteiger partial charge in [-0.05, 0) is 24.3 Å². The van der Waals surface area contributed by atoms with Crippen molar-refractivity contribution in [1.29, 1.82) is 0 Å². The molecule has 0 atom stereocenters. The Labute approximate surface area is 138 Å². The van der Waals surface area contributed by atoms with Crippen LogP contribution in [0, 0.1) is 0 Å². The van der Waals surface area contributed by atoms with Gasteiger partial charge in [-0.3, -0.25) is 0 Å². The molecule has 0 bridgehead atoms. The van der Waals surface area contributed by atoms with Gasteiger partial charge in [-0.2, -0.15) is 13.2 Å². The predicted octanol–water partition coefficient (Wildman–Crippen LogP) is 0.186. The Morgan fingerprint density at radius 2 is 1.30 bits per heavy atom. The lowest BCUT2D eigenvalue weighted by Gasteiger charge is -2.10. The number of rotatable bonds is 7. The van der Waals surface area contributed by atoms with Gasteiger partial charge in [0.15, 0.2) is 0 Å². The Balaban J connectivity index is 0.00000484. The van der Waals surface area contributed by atoms with Gasteiger partial charge in [-0.15, -0.1) is 12.4 Å². The molecule has 0 spiro atoms. The van der Waals surface area contributed by atoms with E-state index in [4.69, 9.17) is 5.73 Å². The first-order valence-corrected chi connectivity index (χ1v) is 8.81. The molecule has 0 aromatic heterocycles. The normalized spacial score (nSPS) is 12.7. The fraction of sp³-hybridized carbons (Fsp3) is 0.400. The zero-order valence-electron chi connectivity index (χ0n) is 11.5. The molecule has 0 saturated carbocycles. The van der Waals surface area contributed by atoms with Gasteiger partial charge in [0.05, 0.1) is 9.79 Å². The molecular formula is C10H15ClF3N3O4S2. The molecule has 0 radical (unpaired) electrons. The summed E-state index contributed by atoms with van der Waals surface area (Å²) in [7, 11) is -8.22. The number of sulfonamides is 2. The average Bonchev–Trinajstić information content (AvgIpc) is 2.43. The number of nitrogens with two attached hydrogens (primary N) is 1. The second-order valence-corrected chi connectivity index (χ2v) is 7.63. The Bertz CT molecular complexity index is 706. The SMILES string of the molecule is Cl.NCCNS(=O)(=O)c1ccc(S(=O)(=O)NCC(F)(F)F)cc1. The predicted molar refractivity (Wildman–Crippen MR) is 79.2 cm³/mol. The van der Waals surface area contributed by atoms with Crippen LogP contribution in [0.4, 0.5) is 13.2 Å². The summed E-state index contributed by atoms with van der Waals surface area (Å²) >= 11 is 0. The van der Waals surface area contributed by atoms with Crippen molar-refractivity contribution in [1.82, 2.24) is 9.44 Å². The van der Waals surface area contributed by atoms with E-state index < -0.39 is 37.7 Å². The summed E-state index contributed by atoms with van der Waals surface area (Å²) in [4.78, 5) is -0.703. The first kappa shape index (κ1) is 22.1. The number of benzene rings is 1. The van der Waals surface area contributed by atoms with E-state index in [9.17, 15) is 30.0 Å². The Morgan fingerprint density at radius 3 is 1.65 bits per heavy atom. The molecule has 23 heavy (non-hydrogen) atoms. The van der Waals surface area contributed by atoms with Gasteiger partial charge >= 0.3 is 6.18 Å². The first-order valence-electron chi connectivity index (χ1n) is 5.84. The van der Waals surface area contributed by atoms with Gasteiger partial charge in [0.1, 0.15) is 6.54 Å². The number of halogens is 4. The van der Waals surface area contributed by atoms with Crippen molar-refractivity contribution in [3.8, 4) is 0 Å². The highest BCUT2D eigenvalue weighted by Gasteiger charge is 2.30. The molecule has 0 amide bonds. The van der Waals surface area contributed by atoms with Crippen molar-refractivity contribution in [3.05, 3.63) is 24.3 Å². The number of nitrogens with one attached hydrogen (secondary N) is 2. The number of hydrogen-bond donors (Lipinski definition) is 3. The van der Waals surface area contributed by atoms with Gasteiger partial charge in [0.2, 0.25) is 20.0 Å². The van der Waals surface area contributed by atoms with Gasteiger partial charge in [-0.25, -0.2) is 26.3 Å². The topological polar surface area (TPSA) is 118 Å². The highest BCUT2D eigenvalue weighted by atomic mass is 35.5. The smallest absolute Gasteiger partial charge is 0.329 e. The van der Waals surface area contributed by atoms with E-state index in [0.717, 1.165) is 24.3 Å². The van der Waals surface area contributed by atoms with Crippen molar-refractivity contribution in [2.24, 2.45) is 5.73 Å². The van der Waals surface area contributed by atoms with E-state index in [2.05, 4.69) is 4.72 Å². The molecular weight excluding hydrogens is 383 g/mol. The summed E-state index contributed by atoms with van der Waals surface area (Å²) in [5.74, 6) is 0. The quantitative estimate of drug-likeness (QED) is 0.606. The van der Waals surface area contributed by atoms with E-state index in [1.165, 1.54) is 4.72 Å². The minimum atomic E-state index is -4.69. The summed E-state index contributed by atoms with van der Waals surface area (Å²) < 4.78 is 86.3. The van der Waals surface area contributed by atoms with E-state index in [0.29, 0.717) is 0 Å². The zero-order chi connectivity index (χ0) is 17.0. The molecule has 1 aromatic carbocycles. The van der Waals surface area contributed by atoms with Crippen LogP contribution in [0.15, 0.2) is 34.1 Å². The number of hydrogen-bond acceptors (Lipinski definition) is 5. The maximum Gasteiger partial charge on any atom is 0.402 e. The lowest BCUT2D eigenvalue weighted by Crippen LogP contribution is -2.33. The monoisotopic (exact) mass is 397 g/mol. The standard InChI is InChI=1S/C10H14F3N3O4S2.ClH/c11-10(12,13)7-16-22(19,20)9-3-1-8(2-4-9)21(17,18)15-6-5-14;/h1-4,15-16H,5-7,14H2;1H. The van der Waals surface area contributed by atoms with E-state index in [1.807, 2.05) is 0 Å². The molecule has 0 aliphatic heterocycles. The molecule has 134 valence electrons. The van der Waals surface area contributed by atoms with Crippen molar-refractivity contribution < 1.29 is 30.0 Å². The van der Waals surface area contributed by atoms with Crippen LogP contribution >= 0.6 is 12.4 Å². The molecule has 0 aliphatic rings. The van der Waals surface area contributed by atoms with Crippen LogP contribution in [-0.4, -0.2) is 42.6 Å². The summed E-state index contributed by atoms with van der Waals surface area (Å²) in [5.41, 5.74) is 5.16. The molecule has 1 rings (SSSR count). The minimum absolute atomic E-state index is 0. The molecule has 0 saturated heterocycles. The third kappa shape index (κ3) is 7.01. The van der Waals surface area contributed by atoms with Crippen LogP contribution in [0.1, 0.15) is 0 Å². The summed E-state index contributed by atoms with van der Waals surface area (Å²) in [6.07, 6.45) is -4.69. The van der Waals surface area contributed by atoms with Crippen molar-refractivity contribution in [2.45, 2.75) is 16.0 Å². The largest absolute Gasteiger partial charge is 0.402 e. The van der Waals surface area contributed by atoms with E-state index in [-0.39, 0.29) is 30.4 Å². The summed E-state index contributed by atoms with van der Waals surface area (Å²) in [6.45, 7) is -1.64. The summed E-state index contributed by atoms with van der Waals surface area (Å²) in [5, 5.41) is 0. The van der Waals surface area contributed by atoms with Gasteiger partial charge in [0.25, 0.3) is 0 Å². The average molecular weight is 398 g/mol. The van der Waals surface area contributed by atoms with Crippen molar-refractivity contribution >= 4 is 32.5 Å². The molecule has 7 nitrogen and oxygen atoms in total. The maximum atomic E-state index is 12.0. The third-order valence-electron chi connectivity index (χ3n) is 2.34. The lowest BCUT2D eigenvalue weighted by molar-refractivity contribution is -0.121. The van der Waals surface area contributed by atoms with E-state index in [1.54, 1.807) is 0 Å². The molecule has 0 aliphatic carbocycles. The van der Waals surface area contributed by atoms with Gasteiger partial charge < -0.3 is 5.73 Å². The zero-order valence-corrected chi connectivity index (χ0v) is 13.9. The van der Waals surface area contributed by atoms with Gasteiger partial charge in [-0.1, -0.05) is 0 Å². The van der Waals surface area contributed by atoms with Crippen molar-refractivity contribution in [3.63, 3.8) is 0 Å². The maximum absolute atomic E-state index is 12.0. The van der Waals surface area contributed by atoms with Gasteiger partial charge in [0, 0.05) is 13.1 Å². The van der Waals surface area contributed by atoms with Crippen LogP contribution in [-0.2, 0) is 20.0 Å². The number of alkyl halides is 3. The Kier molecular flexibility index (Phi) is 7.93. The Hall–Kier alpha value is -0.920. The van der Waals surface area contributed by atoms with Crippen LogP contribution in [0.2, 0.25) is 0 Å².